The van der Waals surface area contributed by atoms with Crippen molar-refractivity contribution in [3.63, 3.8) is 0 Å². The average Bonchev–Trinajstić information content (AvgIpc) is 2.42. The van der Waals surface area contributed by atoms with Crippen molar-refractivity contribution in [2.75, 3.05) is 84.6 Å². The van der Waals surface area contributed by atoms with E-state index < -0.39 is 29.1 Å². The molecular weight excluding hydrogens is 625 g/mol. The van der Waals surface area contributed by atoms with Crippen LogP contribution in [0.5, 0.6) is 0 Å². The normalized spacial score (nSPS) is 13.3. The van der Waals surface area contributed by atoms with Gasteiger partial charge < -0.3 is 0 Å². The Morgan fingerprint density at radius 2 is 0.556 bits per heavy atom. The van der Waals surface area contributed by atoms with Gasteiger partial charge >= 0.3 is 49.2 Å². The third-order valence-corrected chi connectivity index (χ3v) is 9.38. The van der Waals surface area contributed by atoms with Crippen molar-refractivity contribution in [1.29, 1.82) is 0 Å². The molecule has 0 saturated carbocycles. The fourth-order valence-corrected chi connectivity index (χ4v) is 6.44. The molecule has 0 bridgehead atoms. The summed E-state index contributed by atoms with van der Waals surface area (Å²) in [6, 6.07) is 0. The molecule has 0 saturated heterocycles. The standard InChI is InChI=1S/2C6H18N3OP.2CH3.2BrH.Sn/c2*1-7(2)11(10,8(3)4)9(5)6;;;;;/h2*1-6H3;2*1H3;2*1H;/q;;;;;;+2/p-2. The van der Waals surface area contributed by atoms with Gasteiger partial charge in [-0.3, -0.25) is 9.13 Å². The van der Waals surface area contributed by atoms with Crippen LogP contribution < -0.4 is 0 Å². The minimum atomic E-state index is -2.44. The minimum absolute atomic E-state index is 1.55. The molecule has 0 aromatic carbocycles. The Bertz CT molecular complexity index is 399. The van der Waals surface area contributed by atoms with Gasteiger partial charge in [0.25, 0.3) is 15.2 Å². The molecule has 13 heteroatoms. The monoisotopic (exact) mass is 666 g/mol. The zero-order valence-electron chi connectivity index (χ0n) is 19.7. The molecule has 0 N–H and O–H groups in total. The van der Waals surface area contributed by atoms with Crippen molar-refractivity contribution in [2.24, 2.45) is 0 Å². The van der Waals surface area contributed by atoms with Crippen molar-refractivity contribution in [3.8, 4) is 0 Å². The van der Waals surface area contributed by atoms with E-state index in [2.05, 4.69) is 35.3 Å². The molecule has 0 fully saturated rings. The molecule has 0 rings (SSSR count). The first kappa shape index (κ1) is 33.6. The first-order chi connectivity index (χ1) is 11.7. The Labute approximate surface area is 185 Å². The van der Waals surface area contributed by atoms with E-state index in [1.54, 1.807) is 28.0 Å². The van der Waals surface area contributed by atoms with Crippen LogP contribution in [0, 0.1) is 0 Å². The van der Waals surface area contributed by atoms with Gasteiger partial charge in [0, 0.05) is 0 Å². The molecule has 0 spiro atoms. The van der Waals surface area contributed by atoms with Gasteiger partial charge in [0.2, 0.25) is 0 Å². The maximum absolute atomic E-state index is 12.1. The van der Waals surface area contributed by atoms with Crippen LogP contribution in [0.15, 0.2) is 0 Å². The van der Waals surface area contributed by atoms with E-state index in [-0.39, 0.29) is 0 Å². The van der Waals surface area contributed by atoms with Crippen molar-refractivity contribution >= 4 is 54.5 Å². The van der Waals surface area contributed by atoms with E-state index in [0.717, 1.165) is 0 Å². The van der Waals surface area contributed by atoms with Crippen molar-refractivity contribution in [3.05, 3.63) is 0 Å². The average molecular weight is 667 g/mol. The summed E-state index contributed by atoms with van der Waals surface area (Å²) >= 11 is 5.45. The molecule has 27 heavy (non-hydrogen) atoms. The SMILES string of the molecule is CN(C)P(=O)(N(C)C)N(C)C.CN(C)P(=O)(N(C)C)N(C)C.[CH3][Sn]([CH3])([Br])[Br]. The Balaban J connectivity index is -0.000000344. The van der Waals surface area contributed by atoms with Gasteiger partial charge in [-0.25, -0.2) is 28.0 Å². The molecule has 168 valence electrons. The van der Waals surface area contributed by atoms with Gasteiger partial charge in [0.1, 0.15) is 0 Å². The second-order valence-corrected chi connectivity index (χ2v) is 55.6. The maximum atomic E-state index is 12.1. The summed E-state index contributed by atoms with van der Waals surface area (Å²) < 4.78 is 34.6. The predicted octanol–water partition coefficient (Wildman–Crippen LogP) is 4.04. The molecule has 0 aromatic heterocycles. The van der Waals surface area contributed by atoms with Crippen LogP contribution in [0.25, 0.3) is 0 Å². The summed E-state index contributed by atoms with van der Waals surface area (Å²) in [6.07, 6.45) is 0. The Morgan fingerprint density at radius 1 is 0.481 bits per heavy atom. The number of hydrogen-bond acceptors (Lipinski definition) is 2. The van der Waals surface area contributed by atoms with Crippen LogP contribution in [0.1, 0.15) is 0 Å². The van der Waals surface area contributed by atoms with E-state index in [0.29, 0.717) is 0 Å². The zero-order valence-corrected chi connectivity index (χ0v) is 27.5. The first-order valence-corrected chi connectivity index (χ1v) is 29.9. The fraction of sp³-hybridized carbons (Fsp3) is 1.00. The molecule has 0 heterocycles. The summed E-state index contributed by atoms with van der Waals surface area (Å²) in [5.41, 5.74) is 0. The van der Waals surface area contributed by atoms with Crippen LogP contribution in [0.2, 0.25) is 9.88 Å². The van der Waals surface area contributed by atoms with Gasteiger partial charge in [-0.2, -0.15) is 0 Å². The number of hydrogen-bond donors (Lipinski definition) is 0. The van der Waals surface area contributed by atoms with E-state index in [4.69, 9.17) is 0 Å². The third-order valence-electron chi connectivity index (χ3n) is 3.13. The van der Waals surface area contributed by atoms with Gasteiger partial charge in [0.15, 0.2) is 0 Å². The molecular formula is C14H42Br2N6O2P2Sn. The van der Waals surface area contributed by atoms with Gasteiger partial charge in [-0.1, -0.05) is 0 Å². The summed E-state index contributed by atoms with van der Waals surface area (Å²) in [6.45, 7) is 0. The van der Waals surface area contributed by atoms with Crippen molar-refractivity contribution in [1.82, 2.24) is 28.0 Å². The van der Waals surface area contributed by atoms with Crippen molar-refractivity contribution < 1.29 is 9.13 Å². The summed E-state index contributed by atoms with van der Waals surface area (Å²) in [4.78, 5) is 4.46. The first-order valence-electron chi connectivity index (χ1n) is 8.31. The van der Waals surface area contributed by atoms with E-state index in [9.17, 15) is 9.13 Å². The zero-order chi connectivity index (χ0) is 23.0. The van der Waals surface area contributed by atoms with E-state index >= 15 is 0 Å². The predicted molar refractivity (Wildman–Crippen MR) is 133 cm³/mol. The Morgan fingerprint density at radius 3 is 0.556 bits per heavy atom. The van der Waals surface area contributed by atoms with Crippen LogP contribution >= 0.6 is 40.6 Å². The molecule has 0 amide bonds. The van der Waals surface area contributed by atoms with Crippen LogP contribution in [-0.4, -0.2) is 127 Å². The summed E-state index contributed by atoms with van der Waals surface area (Å²) in [7, 11) is 17.0. The topological polar surface area (TPSA) is 53.6 Å². The van der Waals surface area contributed by atoms with Crippen LogP contribution in [0.4, 0.5) is 0 Å². The second-order valence-electron chi connectivity index (χ2n) is 7.44. The molecule has 0 unspecified atom stereocenters. The Kier molecular flexibility index (Phi) is 17.6. The molecule has 0 atom stereocenters. The summed E-state index contributed by atoms with van der Waals surface area (Å²) in [5, 5.41) is 0. The molecule has 0 aliphatic carbocycles. The van der Waals surface area contributed by atoms with Gasteiger partial charge in [-0.05, 0) is 84.6 Å². The molecule has 0 aliphatic heterocycles. The molecule has 0 aliphatic rings. The van der Waals surface area contributed by atoms with Crippen molar-refractivity contribution in [2.45, 2.75) is 9.88 Å². The Hall–Kier alpha value is 1.98. The quantitative estimate of drug-likeness (QED) is 0.311. The van der Waals surface area contributed by atoms with Crippen LogP contribution in [-0.2, 0) is 9.13 Å². The number of halogens is 2. The van der Waals surface area contributed by atoms with Gasteiger partial charge in [-0.15, -0.1) is 0 Å². The molecule has 8 nitrogen and oxygen atoms in total. The van der Waals surface area contributed by atoms with E-state index in [1.807, 2.05) is 84.6 Å². The second kappa shape index (κ2) is 14.1. The molecule has 0 aromatic rings. The van der Waals surface area contributed by atoms with Gasteiger partial charge in [0.05, 0.1) is 0 Å². The summed E-state index contributed by atoms with van der Waals surface area (Å²) in [5.74, 6) is 0. The number of nitrogens with zero attached hydrogens (tertiary/aromatic N) is 6. The van der Waals surface area contributed by atoms with Crippen LogP contribution in [0.3, 0.4) is 0 Å². The number of rotatable bonds is 6. The van der Waals surface area contributed by atoms with E-state index in [1.165, 1.54) is 0 Å². The third kappa shape index (κ3) is 13.1. The fourth-order valence-electron chi connectivity index (χ4n) is 2.15. The molecule has 0 radical (unpaired) electrons.